The van der Waals surface area contributed by atoms with Crippen LogP contribution in [-0.4, -0.2) is 47.8 Å². The van der Waals surface area contributed by atoms with Crippen LogP contribution in [0.4, 0.5) is 0 Å². The minimum Gasteiger partial charge on any atom is -0.331 e. The van der Waals surface area contributed by atoms with Crippen LogP contribution in [0.5, 0.6) is 0 Å². The summed E-state index contributed by atoms with van der Waals surface area (Å²) in [4.78, 5) is 30.5. The Labute approximate surface area is 178 Å². The zero-order valence-corrected chi connectivity index (χ0v) is 17.8. The number of nitrogens with one attached hydrogen (secondary N) is 1. The summed E-state index contributed by atoms with van der Waals surface area (Å²) in [5.74, 6) is 0.0948. The van der Waals surface area contributed by atoms with E-state index in [0.717, 1.165) is 43.9 Å². The molecular formula is C25H30N3O2+. The highest BCUT2D eigenvalue weighted by molar-refractivity contribution is 5.82. The number of carbonyl (C=O) groups is 2. The lowest BCUT2D eigenvalue weighted by molar-refractivity contribution is -0.917. The van der Waals surface area contributed by atoms with E-state index < -0.39 is 0 Å². The molecule has 2 aromatic rings. The topological polar surface area (TPSA) is 45.1 Å². The van der Waals surface area contributed by atoms with Crippen molar-refractivity contribution in [3.05, 3.63) is 77.0 Å². The number of piperazine rings is 1. The number of hydrogen-bond donors (Lipinski definition) is 1. The summed E-state index contributed by atoms with van der Waals surface area (Å²) in [7, 11) is 0. The molecule has 1 atom stereocenters. The maximum absolute atomic E-state index is 13.1. The Balaban J connectivity index is 1.39. The van der Waals surface area contributed by atoms with Crippen LogP contribution in [0.1, 0.15) is 41.6 Å². The molecule has 30 heavy (non-hydrogen) atoms. The largest absolute Gasteiger partial charge is 0.331 e. The van der Waals surface area contributed by atoms with Gasteiger partial charge in [0.2, 0.25) is 11.8 Å². The van der Waals surface area contributed by atoms with Crippen LogP contribution in [0, 0.1) is 6.92 Å². The van der Waals surface area contributed by atoms with E-state index in [1.54, 1.807) is 11.8 Å². The van der Waals surface area contributed by atoms with Crippen LogP contribution < -0.4 is 4.90 Å². The van der Waals surface area contributed by atoms with Gasteiger partial charge in [-0.1, -0.05) is 48.5 Å². The predicted molar refractivity (Wildman–Crippen MR) is 118 cm³/mol. The number of aryl methyl sites for hydroxylation is 1. The lowest BCUT2D eigenvalue weighted by Gasteiger charge is -2.36. The van der Waals surface area contributed by atoms with Gasteiger partial charge in [0.15, 0.2) is 0 Å². The smallest absolute Gasteiger partial charge is 0.225 e. The molecule has 0 aromatic heterocycles. The number of hydrogen-bond acceptors (Lipinski definition) is 2. The van der Waals surface area contributed by atoms with Gasteiger partial charge in [0.1, 0.15) is 6.54 Å². The average Bonchev–Trinajstić information content (AvgIpc) is 2.76. The second kappa shape index (κ2) is 8.84. The third-order valence-corrected chi connectivity index (χ3v) is 6.36. The van der Waals surface area contributed by atoms with Gasteiger partial charge in [-0.25, -0.2) is 0 Å². The first-order valence-electron chi connectivity index (χ1n) is 10.7. The second-order valence-corrected chi connectivity index (χ2v) is 8.32. The number of fused-ring (bicyclic) bond motifs is 1. The second-order valence-electron chi connectivity index (χ2n) is 8.32. The minimum atomic E-state index is -0.228. The quantitative estimate of drug-likeness (QED) is 0.849. The van der Waals surface area contributed by atoms with Gasteiger partial charge in [-0.05, 0) is 29.7 Å². The van der Waals surface area contributed by atoms with E-state index in [0.29, 0.717) is 6.42 Å². The summed E-state index contributed by atoms with van der Waals surface area (Å²) >= 11 is 0. The molecule has 0 unspecified atom stereocenters. The van der Waals surface area contributed by atoms with Crippen molar-refractivity contribution in [2.45, 2.75) is 32.9 Å². The molecule has 0 spiro atoms. The molecule has 2 aliphatic rings. The molecule has 0 bridgehead atoms. The van der Waals surface area contributed by atoms with Gasteiger partial charge in [-0.2, -0.15) is 0 Å². The molecule has 2 amide bonds. The molecule has 1 saturated heterocycles. The third kappa shape index (κ3) is 4.31. The predicted octanol–water partition coefficient (Wildman–Crippen LogP) is 2.19. The highest BCUT2D eigenvalue weighted by Crippen LogP contribution is 2.33. The lowest BCUT2D eigenvalue weighted by atomic mass is 9.93. The van der Waals surface area contributed by atoms with E-state index in [4.69, 9.17) is 0 Å². The fourth-order valence-electron chi connectivity index (χ4n) is 4.53. The normalized spacial score (nSPS) is 18.9. The molecule has 5 nitrogen and oxygen atoms in total. The van der Waals surface area contributed by atoms with Crippen molar-refractivity contribution in [2.75, 3.05) is 26.2 Å². The zero-order valence-electron chi connectivity index (χ0n) is 17.8. The molecule has 4 rings (SSSR count). The Kier molecular flexibility index (Phi) is 6.00. The number of benzene rings is 2. The summed E-state index contributed by atoms with van der Waals surface area (Å²) in [6.45, 7) is 8.17. The molecule has 0 radical (unpaired) electrons. The highest BCUT2D eigenvalue weighted by atomic mass is 16.2. The van der Waals surface area contributed by atoms with Crippen LogP contribution in [-0.2, 0) is 16.1 Å². The van der Waals surface area contributed by atoms with Gasteiger partial charge in [0.25, 0.3) is 0 Å². The van der Waals surface area contributed by atoms with Gasteiger partial charge < -0.3 is 14.7 Å². The van der Waals surface area contributed by atoms with Crippen molar-refractivity contribution in [1.29, 1.82) is 0 Å². The van der Waals surface area contributed by atoms with E-state index in [1.807, 2.05) is 41.4 Å². The Morgan fingerprint density at radius 3 is 2.47 bits per heavy atom. The number of carbonyl (C=O) groups excluding carboxylic acids is 2. The Morgan fingerprint density at radius 2 is 1.73 bits per heavy atom. The van der Waals surface area contributed by atoms with E-state index in [2.05, 4.69) is 31.2 Å². The van der Waals surface area contributed by atoms with Crippen LogP contribution in [0.25, 0.3) is 6.08 Å². The lowest BCUT2D eigenvalue weighted by Crippen LogP contribution is -3.13. The minimum absolute atomic E-state index is 0.0361. The molecule has 0 aliphatic carbocycles. The fourth-order valence-corrected chi connectivity index (χ4v) is 4.53. The molecule has 5 heteroatoms. The molecule has 156 valence electrons. The summed E-state index contributed by atoms with van der Waals surface area (Å²) in [6.07, 6.45) is 4.09. The van der Waals surface area contributed by atoms with Crippen LogP contribution in [0.15, 0.2) is 54.7 Å². The van der Waals surface area contributed by atoms with Crippen molar-refractivity contribution in [3.8, 4) is 0 Å². The Morgan fingerprint density at radius 1 is 1.03 bits per heavy atom. The molecule has 2 aliphatic heterocycles. The molecular weight excluding hydrogens is 374 g/mol. The van der Waals surface area contributed by atoms with Crippen molar-refractivity contribution < 1.29 is 14.5 Å². The zero-order chi connectivity index (χ0) is 21.1. The van der Waals surface area contributed by atoms with E-state index in [9.17, 15) is 9.59 Å². The molecule has 2 heterocycles. The van der Waals surface area contributed by atoms with Crippen molar-refractivity contribution in [1.82, 2.24) is 9.80 Å². The summed E-state index contributed by atoms with van der Waals surface area (Å²) in [6, 6.07) is 16.3. The summed E-state index contributed by atoms with van der Waals surface area (Å²) in [5, 5.41) is 0. The molecule has 1 N–H and O–H groups in total. The SMILES string of the molecule is CC(=O)N1C=Cc2ccccc2[C@@H]1CC(=O)N1CC[NH+](Cc2ccccc2C)CC1. The summed E-state index contributed by atoms with van der Waals surface area (Å²) < 4.78 is 0. The number of nitrogens with zero attached hydrogens (tertiary/aromatic N) is 2. The first-order valence-corrected chi connectivity index (χ1v) is 10.7. The monoisotopic (exact) mass is 404 g/mol. The number of amides is 2. The van der Waals surface area contributed by atoms with Crippen molar-refractivity contribution >= 4 is 17.9 Å². The van der Waals surface area contributed by atoms with Gasteiger partial charge >= 0.3 is 0 Å². The van der Waals surface area contributed by atoms with Crippen LogP contribution >= 0.6 is 0 Å². The van der Waals surface area contributed by atoms with Gasteiger partial charge in [-0.15, -0.1) is 0 Å². The standard InChI is InChI=1S/C25H29N3O2/c1-19-7-3-4-9-22(19)18-26-13-15-27(16-14-26)25(30)17-24-23-10-6-5-8-21(23)11-12-28(24)20(2)29/h3-12,24H,13-18H2,1-2H3/p+1/t24-/m0/s1. The van der Waals surface area contributed by atoms with E-state index >= 15 is 0 Å². The van der Waals surface area contributed by atoms with Crippen molar-refractivity contribution in [3.63, 3.8) is 0 Å². The van der Waals surface area contributed by atoms with Gasteiger partial charge in [0, 0.05) is 18.7 Å². The fraction of sp³-hybridized carbons (Fsp3) is 0.360. The van der Waals surface area contributed by atoms with Crippen molar-refractivity contribution in [2.24, 2.45) is 0 Å². The Bertz CT molecular complexity index is 960. The number of quaternary nitrogens is 1. The van der Waals surface area contributed by atoms with Gasteiger partial charge in [-0.3, -0.25) is 9.59 Å². The van der Waals surface area contributed by atoms with E-state index in [-0.39, 0.29) is 17.9 Å². The van der Waals surface area contributed by atoms with Crippen LogP contribution in [0.3, 0.4) is 0 Å². The maximum Gasteiger partial charge on any atom is 0.225 e. The maximum atomic E-state index is 13.1. The van der Waals surface area contributed by atoms with E-state index in [1.165, 1.54) is 16.0 Å². The first kappa shape index (κ1) is 20.4. The first-order chi connectivity index (χ1) is 14.5. The summed E-state index contributed by atoms with van der Waals surface area (Å²) in [5.41, 5.74) is 4.85. The average molecular weight is 405 g/mol. The Hall–Kier alpha value is -2.92. The van der Waals surface area contributed by atoms with Gasteiger partial charge in [0.05, 0.1) is 38.6 Å². The number of rotatable bonds is 4. The highest BCUT2D eigenvalue weighted by Gasteiger charge is 2.31. The third-order valence-electron chi connectivity index (χ3n) is 6.36. The molecule has 1 fully saturated rings. The van der Waals surface area contributed by atoms with Crippen LogP contribution in [0.2, 0.25) is 0 Å². The molecule has 2 aromatic carbocycles. The molecule has 0 saturated carbocycles.